The molecule has 3 nitrogen and oxygen atoms in total. The summed E-state index contributed by atoms with van der Waals surface area (Å²) in [7, 11) is 0. The summed E-state index contributed by atoms with van der Waals surface area (Å²) in [6.45, 7) is 1.94. The second-order valence-electron chi connectivity index (χ2n) is 1.48. The topological polar surface area (TPSA) is 41.1 Å². The van der Waals surface area contributed by atoms with E-state index in [-0.39, 0.29) is 12.6 Å². The molecule has 0 radical (unpaired) electrons. The van der Waals surface area contributed by atoms with Crippen molar-refractivity contribution in [3.8, 4) is 0 Å². The third-order valence-corrected chi connectivity index (χ3v) is 0.717. The maximum Gasteiger partial charge on any atom is 0.314 e. The highest BCUT2D eigenvalue weighted by Gasteiger charge is 1.93. The van der Waals surface area contributed by atoms with Crippen molar-refractivity contribution in [2.75, 3.05) is 19.8 Å². The lowest BCUT2D eigenvalue weighted by Crippen LogP contribution is -2.36. The predicted octanol–water partition coefficient (Wildman–Crippen LogP) is 0.275. The molecule has 0 unspecified atom stereocenters. The Morgan fingerprint density at radius 3 is 2.67 bits per heavy atom. The van der Waals surface area contributed by atoms with E-state index in [2.05, 4.69) is 10.6 Å². The highest BCUT2D eigenvalue weighted by molar-refractivity contribution is 5.73. The summed E-state index contributed by atoms with van der Waals surface area (Å²) in [5, 5.41) is 4.77. The van der Waals surface area contributed by atoms with Gasteiger partial charge in [0.05, 0.1) is 0 Å². The van der Waals surface area contributed by atoms with Crippen LogP contribution in [0.1, 0.15) is 6.92 Å². The van der Waals surface area contributed by atoms with Gasteiger partial charge in [0.2, 0.25) is 0 Å². The van der Waals surface area contributed by atoms with Gasteiger partial charge in [0.15, 0.2) is 0 Å². The maximum atomic E-state index is 11.4. The molecule has 4 heteroatoms. The number of nitrogens with one attached hydrogen (secondary N) is 2. The van der Waals surface area contributed by atoms with Gasteiger partial charge in [-0.05, 0) is 6.92 Å². The van der Waals surface area contributed by atoms with E-state index in [1.54, 1.807) is 6.92 Å². The molecule has 0 spiro atoms. The molecule has 0 atom stereocenters. The van der Waals surface area contributed by atoms with E-state index in [4.69, 9.17) is 0 Å². The zero-order valence-corrected chi connectivity index (χ0v) is 5.41. The van der Waals surface area contributed by atoms with Crippen LogP contribution in [-0.2, 0) is 0 Å². The maximum absolute atomic E-state index is 11.4. The number of halogens is 1. The molecule has 0 saturated heterocycles. The highest BCUT2D eigenvalue weighted by atomic mass is 19.1. The minimum atomic E-state index is -0.517. The molecule has 0 aliphatic rings. The molecule has 0 aromatic heterocycles. The zero-order valence-electron chi connectivity index (χ0n) is 5.41. The average Bonchev–Trinajstić information content (AvgIpc) is 1.85. The first-order valence-electron chi connectivity index (χ1n) is 2.89. The number of urea groups is 1. The standard InChI is InChI=1S/C5H11FN2O/c1-2-7-5(9)8-4-3-6/h2-4H2,1H3,(H2,7,8,9). The Bertz CT molecular complexity index is 87.0. The van der Waals surface area contributed by atoms with Crippen LogP contribution in [0.15, 0.2) is 0 Å². The van der Waals surface area contributed by atoms with Crippen LogP contribution in [0, 0.1) is 0 Å². The van der Waals surface area contributed by atoms with Crippen LogP contribution in [0.25, 0.3) is 0 Å². The van der Waals surface area contributed by atoms with E-state index in [9.17, 15) is 9.18 Å². The largest absolute Gasteiger partial charge is 0.338 e. The first-order valence-corrected chi connectivity index (χ1v) is 2.89. The fourth-order valence-electron chi connectivity index (χ4n) is 0.384. The average molecular weight is 134 g/mol. The quantitative estimate of drug-likeness (QED) is 0.571. The van der Waals surface area contributed by atoms with Crippen LogP contribution >= 0.6 is 0 Å². The summed E-state index contributed by atoms with van der Waals surface area (Å²) >= 11 is 0. The molecule has 0 aromatic rings. The van der Waals surface area contributed by atoms with Crippen LogP contribution in [0.3, 0.4) is 0 Å². The molecule has 0 aliphatic carbocycles. The number of hydrogen-bond acceptors (Lipinski definition) is 1. The molecule has 0 aliphatic heterocycles. The lowest BCUT2D eigenvalue weighted by atomic mass is 10.7. The molecule has 0 saturated carbocycles. The molecule has 2 N–H and O–H groups in total. The summed E-state index contributed by atoms with van der Waals surface area (Å²) in [4.78, 5) is 10.4. The molecule has 54 valence electrons. The first-order chi connectivity index (χ1) is 4.31. The van der Waals surface area contributed by atoms with E-state index >= 15 is 0 Å². The van der Waals surface area contributed by atoms with Crippen LogP contribution < -0.4 is 10.6 Å². The van der Waals surface area contributed by atoms with Gasteiger partial charge in [0.25, 0.3) is 0 Å². The van der Waals surface area contributed by atoms with Crippen molar-refractivity contribution in [2.45, 2.75) is 6.92 Å². The second kappa shape index (κ2) is 5.34. The number of carbonyl (C=O) groups is 1. The van der Waals surface area contributed by atoms with Crippen LogP contribution in [0.4, 0.5) is 9.18 Å². The van der Waals surface area contributed by atoms with Crippen molar-refractivity contribution in [3.63, 3.8) is 0 Å². The Kier molecular flexibility index (Phi) is 4.86. The van der Waals surface area contributed by atoms with Gasteiger partial charge in [0, 0.05) is 13.1 Å². The fraction of sp³-hybridized carbons (Fsp3) is 0.800. The van der Waals surface area contributed by atoms with E-state index in [0.717, 1.165) is 0 Å². The molecule has 9 heavy (non-hydrogen) atoms. The normalized spacial score (nSPS) is 8.67. The summed E-state index contributed by atoms with van der Waals surface area (Å²) in [6, 6.07) is -0.310. The van der Waals surface area contributed by atoms with Crippen molar-refractivity contribution in [3.05, 3.63) is 0 Å². The number of amides is 2. The Morgan fingerprint density at radius 1 is 1.56 bits per heavy atom. The third-order valence-electron chi connectivity index (χ3n) is 0.717. The van der Waals surface area contributed by atoms with Crippen molar-refractivity contribution >= 4 is 6.03 Å². The summed E-state index contributed by atoms with van der Waals surface area (Å²) in [5.74, 6) is 0. The van der Waals surface area contributed by atoms with Crippen LogP contribution in [0.2, 0.25) is 0 Å². The van der Waals surface area contributed by atoms with Crippen molar-refractivity contribution in [2.24, 2.45) is 0 Å². The number of carbonyl (C=O) groups excluding carboxylic acids is 1. The van der Waals surface area contributed by atoms with E-state index in [1.165, 1.54) is 0 Å². The van der Waals surface area contributed by atoms with Gasteiger partial charge in [-0.25, -0.2) is 9.18 Å². The summed E-state index contributed by atoms with van der Waals surface area (Å²) in [6.07, 6.45) is 0. The lowest BCUT2D eigenvalue weighted by Gasteiger charge is -2.01. The van der Waals surface area contributed by atoms with Gasteiger partial charge in [0.1, 0.15) is 6.67 Å². The number of hydrogen-bond donors (Lipinski definition) is 2. The molecular formula is C5H11FN2O. The monoisotopic (exact) mass is 134 g/mol. The number of rotatable bonds is 3. The summed E-state index contributed by atoms with van der Waals surface area (Å²) in [5.41, 5.74) is 0. The molecule has 0 heterocycles. The Balaban J connectivity index is 3.06. The Morgan fingerprint density at radius 2 is 2.22 bits per heavy atom. The van der Waals surface area contributed by atoms with Gasteiger partial charge in [-0.15, -0.1) is 0 Å². The van der Waals surface area contributed by atoms with E-state index in [1.807, 2.05) is 0 Å². The van der Waals surface area contributed by atoms with Crippen LogP contribution in [-0.4, -0.2) is 25.8 Å². The predicted molar refractivity (Wildman–Crippen MR) is 33.1 cm³/mol. The first kappa shape index (κ1) is 8.20. The Labute approximate surface area is 53.6 Å². The van der Waals surface area contributed by atoms with Crippen molar-refractivity contribution in [1.82, 2.24) is 10.6 Å². The van der Waals surface area contributed by atoms with Gasteiger partial charge < -0.3 is 10.6 Å². The van der Waals surface area contributed by atoms with Gasteiger partial charge in [-0.2, -0.15) is 0 Å². The Hall–Kier alpha value is -0.800. The van der Waals surface area contributed by atoms with Gasteiger partial charge in [-0.3, -0.25) is 0 Å². The molecule has 0 fully saturated rings. The lowest BCUT2D eigenvalue weighted by molar-refractivity contribution is 0.240. The smallest absolute Gasteiger partial charge is 0.314 e. The fourth-order valence-corrected chi connectivity index (χ4v) is 0.384. The summed E-state index contributed by atoms with van der Waals surface area (Å²) < 4.78 is 11.4. The highest BCUT2D eigenvalue weighted by Crippen LogP contribution is 1.65. The number of alkyl halides is 1. The minimum Gasteiger partial charge on any atom is -0.338 e. The second-order valence-corrected chi connectivity index (χ2v) is 1.48. The van der Waals surface area contributed by atoms with E-state index < -0.39 is 6.67 Å². The molecule has 0 rings (SSSR count). The van der Waals surface area contributed by atoms with Gasteiger partial charge in [-0.1, -0.05) is 0 Å². The minimum absolute atomic E-state index is 0.0891. The third kappa shape index (κ3) is 5.06. The SMILES string of the molecule is CCNC(=O)NCCF. The van der Waals surface area contributed by atoms with Crippen molar-refractivity contribution in [1.29, 1.82) is 0 Å². The van der Waals surface area contributed by atoms with Crippen molar-refractivity contribution < 1.29 is 9.18 Å². The molecule has 0 aromatic carbocycles. The van der Waals surface area contributed by atoms with Gasteiger partial charge >= 0.3 is 6.03 Å². The molecular weight excluding hydrogens is 123 g/mol. The van der Waals surface area contributed by atoms with Crippen LogP contribution in [0.5, 0.6) is 0 Å². The molecule has 0 bridgehead atoms. The molecule has 2 amide bonds. The van der Waals surface area contributed by atoms with E-state index in [0.29, 0.717) is 6.54 Å². The zero-order chi connectivity index (χ0) is 7.11.